The number of hydrogen-bond acceptors (Lipinski definition) is 4. The topological polar surface area (TPSA) is 93.5 Å². The number of carbonyl (C=O) groups excluding carboxylic acids is 1. The number of fused-ring (bicyclic) bond motifs is 3. The minimum Gasteiger partial charge on any atom is -0.488 e. The normalized spacial score (nSPS) is 13.3. The average Bonchev–Trinajstić information content (AvgIpc) is 3.26. The number of carboxylic acids is 1. The van der Waals surface area contributed by atoms with Crippen LogP contribution in [-0.4, -0.2) is 26.5 Å². The molecule has 0 radical (unpaired) electrons. The minimum atomic E-state index is -1.11. The molecule has 2 heterocycles. The Kier molecular flexibility index (Phi) is 6.40. The van der Waals surface area contributed by atoms with E-state index in [2.05, 4.69) is 53.0 Å². The van der Waals surface area contributed by atoms with E-state index in [0.29, 0.717) is 24.5 Å². The molecule has 1 aliphatic heterocycles. The van der Waals surface area contributed by atoms with Gasteiger partial charge < -0.3 is 19.7 Å². The maximum Gasteiger partial charge on any atom is 0.337 e. The van der Waals surface area contributed by atoms with Crippen LogP contribution in [0.2, 0.25) is 0 Å². The number of hydrogen-bond donors (Lipinski definition) is 2. The largest absolute Gasteiger partial charge is 0.488 e. The molecule has 0 atom stereocenters. The number of anilines is 1. The summed E-state index contributed by atoms with van der Waals surface area (Å²) in [5.74, 6) is -0.836. The van der Waals surface area contributed by atoms with Crippen LogP contribution in [0.5, 0.6) is 5.75 Å². The number of carboxylic acid groups (broad SMARTS) is 1. The molecule has 1 aliphatic rings. The Labute approximate surface area is 231 Å². The summed E-state index contributed by atoms with van der Waals surface area (Å²) in [6.07, 6.45) is 3.99. The van der Waals surface area contributed by atoms with E-state index < -0.39 is 11.9 Å². The van der Waals surface area contributed by atoms with E-state index in [-0.39, 0.29) is 11.3 Å². The van der Waals surface area contributed by atoms with Crippen LogP contribution in [0.3, 0.4) is 0 Å². The van der Waals surface area contributed by atoms with Gasteiger partial charge in [0.05, 0.1) is 28.6 Å². The maximum atomic E-state index is 13.3. The van der Waals surface area contributed by atoms with Crippen molar-refractivity contribution in [2.45, 2.75) is 27.0 Å². The molecule has 0 saturated carbocycles. The third-order valence-corrected chi connectivity index (χ3v) is 7.36. The molecule has 0 fully saturated rings. The molecule has 0 bridgehead atoms. The fourth-order valence-electron chi connectivity index (χ4n) is 5.06. The maximum absolute atomic E-state index is 13.3. The lowest BCUT2D eigenvalue weighted by molar-refractivity contribution is 0.0698. The number of aryl methyl sites for hydroxylation is 2. The standard InChI is InChI=1S/C33H27N3O4/c1-20-15-29-30(16-21(20)2)36(19-34-29)14-13-25-24-8-4-3-7-23(24)18-40-31-12-11-22(17-27(25)31)32(37)35-28-10-6-5-9-26(28)33(38)39/h3-13,15-17,19H,14,18H2,1-2H3,(H,35,37)(H,38,39)/b25-13+. The predicted molar refractivity (Wildman–Crippen MR) is 155 cm³/mol. The average molecular weight is 530 g/mol. The fourth-order valence-corrected chi connectivity index (χ4v) is 5.06. The molecule has 6 rings (SSSR count). The lowest BCUT2D eigenvalue weighted by atomic mass is 9.93. The van der Waals surface area contributed by atoms with Gasteiger partial charge in [0.25, 0.3) is 5.91 Å². The van der Waals surface area contributed by atoms with E-state index in [0.717, 1.165) is 33.3 Å². The lowest BCUT2D eigenvalue weighted by Crippen LogP contribution is -2.15. The van der Waals surface area contributed by atoms with Crippen LogP contribution in [0.1, 0.15) is 48.5 Å². The van der Waals surface area contributed by atoms with Crippen molar-refractivity contribution in [3.05, 3.63) is 130 Å². The monoisotopic (exact) mass is 529 g/mol. The van der Waals surface area contributed by atoms with Gasteiger partial charge in [0.1, 0.15) is 12.4 Å². The smallest absolute Gasteiger partial charge is 0.337 e. The van der Waals surface area contributed by atoms with E-state index in [9.17, 15) is 14.7 Å². The number of rotatable bonds is 5. The summed E-state index contributed by atoms with van der Waals surface area (Å²) in [6.45, 7) is 5.17. The van der Waals surface area contributed by atoms with Gasteiger partial charge in [0.2, 0.25) is 0 Å². The Hall–Kier alpha value is -5.17. The first-order valence-corrected chi connectivity index (χ1v) is 13.0. The third-order valence-electron chi connectivity index (χ3n) is 7.36. The number of ether oxygens (including phenoxy) is 1. The first kappa shape index (κ1) is 25.1. The van der Waals surface area contributed by atoms with Crippen molar-refractivity contribution < 1.29 is 19.4 Å². The minimum absolute atomic E-state index is 0.0291. The number of amides is 1. The highest BCUT2D eigenvalue weighted by atomic mass is 16.5. The molecule has 0 saturated heterocycles. The Morgan fingerprint density at radius 1 is 0.975 bits per heavy atom. The molecule has 5 aromatic rings. The molecule has 1 amide bonds. The van der Waals surface area contributed by atoms with Crippen molar-refractivity contribution in [1.82, 2.24) is 9.55 Å². The number of nitrogens with zero attached hydrogens (tertiary/aromatic N) is 2. The van der Waals surface area contributed by atoms with Gasteiger partial charge in [-0.2, -0.15) is 0 Å². The molecule has 4 aromatic carbocycles. The van der Waals surface area contributed by atoms with Gasteiger partial charge in [-0.1, -0.05) is 42.5 Å². The molecule has 2 N–H and O–H groups in total. The number of aromatic carboxylic acids is 1. The van der Waals surface area contributed by atoms with Crippen molar-refractivity contribution >= 4 is 34.2 Å². The van der Waals surface area contributed by atoms with Crippen LogP contribution < -0.4 is 10.1 Å². The highest BCUT2D eigenvalue weighted by molar-refractivity contribution is 6.08. The number of para-hydroxylation sites is 1. The highest BCUT2D eigenvalue weighted by Crippen LogP contribution is 2.37. The second-order valence-electron chi connectivity index (χ2n) is 9.90. The molecule has 0 unspecified atom stereocenters. The number of aromatic nitrogens is 2. The molecular weight excluding hydrogens is 502 g/mol. The Morgan fingerprint density at radius 3 is 2.60 bits per heavy atom. The molecule has 1 aromatic heterocycles. The zero-order valence-corrected chi connectivity index (χ0v) is 22.1. The number of allylic oxidation sites excluding steroid dienone is 1. The van der Waals surface area contributed by atoms with Gasteiger partial charge in [-0.3, -0.25) is 4.79 Å². The van der Waals surface area contributed by atoms with Crippen molar-refractivity contribution in [1.29, 1.82) is 0 Å². The Balaban J connectivity index is 1.41. The summed E-state index contributed by atoms with van der Waals surface area (Å²) in [7, 11) is 0. The summed E-state index contributed by atoms with van der Waals surface area (Å²) in [4.78, 5) is 29.5. The summed E-state index contributed by atoms with van der Waals surface area (Å²) in [6, 6.07) is 24.0. The molecule has 7 nitrogen and oxygen atoms in total. The van der Waals surface area contributed by atoms with E-state index in [1.165, 1.54) is 17.2 Å². The zero-order valence-electron chi connectivity index (χ0n) is 22.1. The summed E-state index contributed by atoms with van der Waals surface area (Å²) in [5.41, 5.74) is 8.92. The van der Waals surface area contributed by atoms with Crippen LogP contribution in [0, 0.1) is 13.8 Å². The van der Waals surface area contributed by atoms with Crippen molar-refractivity contribution in [2.75, 3.05) is 5.32 Å². The van der Waals surface area contributed by atoms with E-state index >= 15 is 0 Å². The molecule has 7 heteroatoms. The van der Waals surface area contributed by atoms with E-state index in [1.54, 1.807) is 30.3 Å². The first-order chi connectivity index (χ1) is 19.4. The van der Waals surface area contributed by atoms with Gasteiger partial charge in [0, 0.05) is 17.7 Å². The van der Waals surface area contributed by atoms with Gasteiger partial charge >= 0.3 is 5.97 Å². The summed E-state index contributed by atoms with van der Waals surface area (Å²) < 4.78 is 8.29. The second-order valence-corrected chi connectivity index (χ2v) is 9.90. The Bertz CT molecular complexity index is 1830. The number of nitrogens with one attached hydrogen (secondary N) is 1. The van der Waals surface area contributed by atoms with Crippen LogP contribution in [0.4, 0.5) is 5.69 Å². The summed E-state index contributed by atoms with van der Waals surface area (Å²) in [5, 5.41) is 12.3. The van der Waals surface area contributed by atoms with Crippen molar-refractivity contribution in [3.8, 4) is 5.75 Å². The SMILES string of the molecule is Cc1cc2ncn(C/C=C3\c4ccccc4COc4ccc(C(=O)Nc5ccccc5C(=O)O)cc43)c2cc1C. The number of benzene rings is 4. The fraction of sp³-hybridized carbons (Fsp3) is 0.121. The van der Waals surface area contributed by atoms with Gasteiger partial charge in [-0.15, -0.1) is 0 Å². The highest BCUT2D eigenvalue weighted by Gasteiger charge is 2.22. The quantitative estimate of drug-likeness (QED) is 0.267. The Morgan fingerprint density at radius 2 is 1.75 bits per heavy atom. The molecule has 0 spiro atoms. The molecular formula is C33H27N3O4. The van der Waals surface area contributed by atoms with Gasteiger partial charge in [-0.05, 0) is 84.1 Å². The van der Waals surface area contributed by atoms with E-state index in [4.69, 9.17) is 4.74 Å². The first-order valence-electron chi connectivity index (χ1n) is 13.0. The zero-order chi connectivity index (χ0) is 27.8. The molecule has 0 aliphatic carbocycles. The number of imidazole rings is 1. The van der Waals surface area contributed by atoms with Crippen LogP contribution in [0.15, 0.2) is 91.3 Å². The van der Waals surface area contributed by atoms with Crippen molar-refractivity contribution in [2.24, 2.45) is 0 Å². The van der Waals surface area contributed by atoms with Crippen LogP contribution >= 0.6 is 0 Å². The number of carbonyl (C=O) groups is 2. The molecule has 40 heavy (non-hydrogen) atoms. The van der Waals surface area contributed by atoms with Crippen LogP contribution in [0.25, 0.3) is 16.6 Å². The van der Waals surface area contributed by atoms with E-state index in [1.807, 2.05) is 30.6 Å². The third kappa shape index (κ3) is 4.62. The second kappa shape index (κ2) is 10.2. The van der Waals surface area contributed by atoms with Gasteiger partial charge in [-0.25, -0.2) is 9.78 Å². The van der Waals surface area contributed by atoms with Crippen LogP contribution in [-0.2, 0) is 13.2 Å². The molecule has 198 valence electrons. The summed E-state index contributed by atoms with van der Waals surface area (Å²) >= 11 is 0. The van der Waals surface area contributed by atoms with Crippen molar-refractivity contribution in [3.63, 3.8) is 0 Å². The van der Waals surface area contributed by atoms with Gasteiger partial charge in [0.15, 0.2) is 0 Å². The lowest BCUT2D eigenvalue weighted by Gasteiger charge is -2.14. The predicted octanol–water partition coefficient (Wildman–Crippen LogP) is 6.63.